The van der Waals surface area contributed by atoms with Crippen molar-refractivity contribution >= 4 is 11.9 Å². The van der Waals surface area contributed by atoms with Gasteiger partial charge in [0.25, 0.3) is 0 Å². The average molecular weight is 281 g/mol. The van der Waals surface area contributed by atoms with Crippen LogP contribution in [-0.2, 0) is 9.59 Å². The monoisotopic (exact) mass is 281 g/mol. The van der Waals surface area contributed by atoms with Gasteiger partial charge < -0.3 is 10.4 Å². The fourth-order valence-corrected chi connectivity index (χ4v) is 3.71. The van der Waals surface area contributed by atoms with Gasteiger partial charge in [-0.15, -0.1) is 0 Å². The minimum Gasteiger partial charge on any atom is -0.481 e. The zero-order chi connectivity index (χ0) is 14.4. The molecule has 0 atom stereocenters. The van der Waals surface area contributed by atoms with Crippen LogP contribution in [0.15, 0.2) is 0 Å². The largest absolute Gasteiger partial charge is 0.481 e. The molecular formula is C16H27NO3. The summed E-state index contributed by atoms with van der Waals surface area (Å²) >= 11 is 0. The first kappa shape index (κ1) is 15.3. The zero-order valence-corrected chi connectivity index (χ0v) is 12.3. The molecule has 0 radical (unpaired) electrons. The molecule has 0 unspecified atom stereocenters. The SMILES string of the molecule is O=C(CC1(C(=O)O)CCCCC1)NCC1CCCCC1. The van der Waals surface area contributed by atoms with E-state index >= 15 is 0 Å². The Morgan fingerprint density at radius 1 is 1.00 bits per heavy atom. The summed E-state index contributed by atoms with van der Waals surface area (Å²) in [7, 11) is 0. The van der Waals surface area contributed by atoms with E-state index in [-0.39, 0.29) is 12.3 Å². The second-order valence-electron chi connectivity index (χ2n) is 6.63. The molecule has 2 fully saturated rings. The van der Waals surface area contributed by atoms with Crippen LogP contribution in [0.25, 0.3) is 0 Å². The lowest BCUT2D eigenvalue weighted by atomic mass is 9.71. The van der Waals surface area contributed by atoms with Gasteiger partial charge in [-0.3, -0.25) is 9.59 Å². The number of hydrogen-bond donors (Lipinski definition) is 2. The summed E-state index contributed by atoms with van der Waals surface area (Å²) in [6.07, 6.45) is 10.7. The molecule has 2 N–H and O–H groups in total. The molecule has 2 rings (SSSR count). The van der Waals surface area contributed by atoms with Crippen molar-refractivity contribution in [1.29, 1.82) is 0 Å². The summed E-state index contributed by atoms with van der Waals surface area (Å²) < 4.78 is 0. The van der Waals surface area contributed by atoms with Gasteiger partial charge in [0.05, 0.1) is 5.41 Å². The van der Waals surface area contributed by atoms with Gasteiger partial charge in [-0.25, -0.2) is 0 Å². The van der Waals surface area contributed by atoms with Crippen molar-refractivity contribution in [2.45, 2.75) is 70.6 Å². The lowest BCUT2D eigenvalue weighted by molar-refractivity contribution is -0.154. The Kier molecular flexibility index (Phi) is 5.44. The van der Waals surface area contributed by atoms with Gasteiger partial charge in [0.15, 0.2) is 0 Å². The maximum absolute atomic E-state index is 12.1. The van der Waals surface area contributed by atoms with Gasteiger partial charge in [0, 0.05) is 13.0 Å². The lowest BCUT2D eigenvalue weighted by Gasteiger charge is -2.32. The van der Waals surface area contributed by atoms with Gasteiger partial charge in [-0.2, -0.15) is 0 Å². The van der Waals surface area contributed by atoms with Gasteiger partial charge in [0.2, 0.25) is 5.91 Å². The van der Waals surface area contributed by atoms with E-state index in [0.717, 1.165) is 25.8 Å². The van der Waals surface area contributed by atoms with Crippen molar-refractivity contribution < 1.29 is 14.7 Å². The number of carboxylic acid groups (broad SMARTS) is 1. The molecule has 20 heavy (non-hydrogen) atoms. The second-order valence-corrected chi connectivity index (χ2v) is 6.63. The molecule has 2 saturated carbocycles. The standard InChI is InChI=1S/C16H27NO3/c18-14(17-12-13-7-3-1-4-8-13)11-16(15(19)20)9-5-2-6-10-16/h13H,1-12H2,(H,17,18)(H,19,20). The smallest absolute Gasteiger partial charge is 0.310 e. The Bertz CT molecular complexity index is 342. The van der Waals surface area contributed by atoms with E-state index in [0.29, 0.717) is 18.8 Å². The van der Waals surface area contributed by atoms with Crippen molar-refractivity contribution in [2.75, 3.05) is 6.54 Å². The molecule has 0 heterocycles. The second kappa shape index (κ2) is 7.09. The molecule has 0 aromatic heterocycles. The van der Waals surface area contributed by atoms with Crippen molar-refractivity contribution in [1.82, 2.24) is 5.32 Å². The summed E-state index contributed by atoms with van der Waals surface area (Å²) in [5.74, 6) is -0.260. The first-order valence-corrected chi connectivity index (χ1v) is 8.12. The van der Waals surface area contributed by atoms with Crippen molar-refractivity contribution in [3.63, 3.8) is 0 Å². The molecule has 0 spiro atoms. The highest BCUT2D eigenvalue weighted by Crippen LogP contribution is 2.39. The van der Waals surface area contributed by atoms with Gasteiger partial charge in [0.1, 0.15) is 0 Å². The normalized spacial score (nSPS) is 23.2. The molecule has 114 valence electrons. The van der Waals surface area contributed by atoms with E-state index in [4.69, 9.17) is 0 Å². The topological polar surface area (TPSA) is 66.4 Å². The molecule has 2 aliphatic rings. The Morgan fingerprint density at radius 2 is 1.60 bits per heavy atom. The van der Waals surface area contributed by atoms with Gasteiger partial charge >= 0.3 is 5.97 Å². The maximum atomic E-state index is 12.1. The van der Waals surface area contributed by atoms with Gasteiger partial charge in [-0.05, 0) is 31.6 Å². The molecule has 0 aromatic carbocycles. The predicted octanol–water partition coefficient (Wildman–Crippen LogP) is 3.11. The number of rotatable bonds is 5. The first-order valence-electron chi connectivity index (χ1n) is 8.12. The fourth-order valence-electron chi connectivity index (χ4n) is 3.71. The third-order valence-electron chi connectivity index (χ3n) is 5.08. The van der Waals surface area contributed by atoms with Crippen LogP contribution < -0.4 is 5.32 Å². The summed E-state index contributed by atoms with van der Waals surface area (Å²) in [6.45, 7) is 0.731. The molecule has 1 amide bonds. The van der Waals surface area contributed by atoms with Crippen LogP contribution in [-0.4, -0.2) is 23.5 Å². The van der Waals surface area contributed by atoms with Crippen LogP contribution in [0.4, 0.5) is 0 Å². The van der Waals surface area contributed by atoms with E-state index < -0.39 is 11.4 Å². The van der Waals surface area contributed by atoms with Crippen molar-refractivity contribution in [3.05, 3.63) is 0 Å². The number of nitrogens with one attached hydrogen (secondary N) is 1. The molecule has 4 heteroatoms. The molecule has 2 aliphatic carbocycles. The Labute approximate surface area is 121 Å². The maximum Gasteiger partial charge on any atom is 0.310 e. The average Bonchev–Trinajstić information content (AvgIpc) is 2.47. The van der Waals surface area contributed by atoms with Crippen LogP contribution in [0, 0.1) is 11.3 Å². The van der Waals surface area contributed by atoms with E-state index in [9.17, 15) is 14.7 Å². The van der Waals surface area contributed by atoms with Crippen molar-refractivity contribution in [3.8, 4) is 0 Å². The lowest BCUT2D eigenvalue weighted by Crippen LogP contribution is -2.40. The third kappa shape index (κ3) is 3.97. The minimum atomic E-state index is -0.797. The molecule has 0 aromatic rings. The van der Waals surface area contributed by atoms with Crippen LogP contribution in [0.1, 0.15) is 70.6 Å². The number of carboxylic acids is 1. The highest BCUT2D eigenvalue weighted by molar-refractivity contribution is 5.85. The number of carbonyl (C=O) groups is 2. The predicted molar refractivity (Wildman–Crippen MR) is 77.4 cm³/mol. The number of carbonyl (C=O) groups excluding carboxylic acids is 1. The minimum absolute atomic E-state index is 0.0696. The van der Waals surface area contributed by atoms with Crippen molar-refractivity contribution in [2.24, 2.45) is 11.3 Å². The molecular weight excluding hydrogens is 254 g/mol. The van der Waals surface area contributed by atoms with Crippen LogP contribution in [0.3, 0.4) is 0 Å². The van der Waals surface area contributed by atoms with Gasteiger partial charge in [-0.1, -0.05) is 38.5 Å². The van der Waals surface area contributed by atoms with Crippen LogP contribution >= 0.6 is 0 Å². The van der Waals surface area contributed by atoms with E-state index in [1.54, 1.807) is 0 Å². The quantitative estimate of drug-likeness (QED) is 0.813. The molecule has 0 aliphatic heterocycles. The van der Waals surface area contributed by atoms with E-state index in [1.165, 1.54) is 32.1 Å². The van der Waals surface area contributed by atoms with E-state index in [1.807, 2.05) is 0 Å². The summed E-state index contributed by atoms with van der Waals surface area (Å²) in [5, 5.41) is 12.5. The van der Waals surface area contributed by atoms with Crippen LogP contribution in [0.2, 0.25) is 0 Å². The molecule has 4 nitrogen and oxygen atoms in total. The summed E-state index contributed by atoms with van der Waals surface area (Å²) in [5.41, 5.74) is -0.797. The Morgan fingerprint density at radius 3 is 2.20 bits per heavy atom. The highest BCUT2D eigenvalue weighted by atomic mass is 16.4. The highest BCUT2D eigenvalue weighted by Gasteiger charge is 2.41. The first-order chi connectivity index (χ1) is 9.62. The molecule has 0 saturated heterocycles. The summed E-state index contributed by atoms with van der Waals surface area (Å²) in [4.78, 5) is 23.6. The van der Waals surface area contributed by atoms with Crippen LogP contribution in [0.5, 0.6) is 0 Å². The number of aliphatic carboxylic acids is 1. The summed E-state index contributed by atoms with van der Waals surface area (Å²) in [6, 6.07) is 0. The number of amides is 1. The fraction of sp³-hybridized carbons (Fsp3) is 0.875. The third-order valence-corrected chi connectivity index (χ3v) is 5.08. The zero-order valence-electron chi connectivity index (χ0n) is 12.3. The Hall–Kier alpha value is -1.06. The molecule has 0 bridgehead atoms. The Balaban J connectivity index is 1.80. The number of hydrogen-bond acceptors (Lipinski definition) is 2. The van der Waals surface area contributed by atoms with E-state index in [2.05, 4.69) is 5.32 Å².